The Morgan fingerprint density at radius 2 is 1.72 bits per heavy atom. The summed E-state index contributed by atoms with van der Waals surface area (Å²) in [5, 5.41) is 2.96. The number of ether oxygens (including phenoxy) is 1. The van der Waals surface area contributed by atoms with E-state index in [-0.39, 0.29) is 12.5 Å². The second-order valence-electron chi connectivity index (χ2n) is 8.25. The zero-order valence-electron chi connectivity index (χ0n) is 18.9. The lowest BCUT2D eigenvalue weighted by atomic mass is 10.1. The van der Waals surface area contributed by atoms with E-state index < -0.39 is 0 Å². The Labute approximate surface area is 189 Å². The maximum Gasteiger partial charge on any atom is 0.257 e. The molecule has 1 amide bonds. The summed E-state index contributed by atoms with van der Waals surface area (Å²) in [7, 11) is 0. The van der Waals surface area contributed by atoms with Gasteiger partial charge in [-0.05, 0) is 55.7 Å². The molecular weight excluding hydrogens is 398 g/mol. The van der Waals surface area contributed by atoms with Gasteiger partial charge < -0.3 is 14.6 Å². The van der Waals surface area contributed by atoms with E-state index in [1.165, 1.54) is 11.1 Å². The molecule has 0 saturated heterocycles. The van der Waals surface area contributed by atoms with Crippen LogP contribution in [0.5, 0.6) is 5.75 Å². The van der Waals surface area contributed by atoms with Gasteiger partial charge in [0.15, 0.2) is 6.61 Å². The van der Waals surface area contributed by atoms with Crippen LogP contribution in [-0.4, -0.2) is 28.6 Å². The summed E-state index contributed by atoms with van der Waals surface area (Å²) in [4.78, 5) is 17.1. The number of carbonyl (C=O) groups excluding carboxylic acids is 1. The van der Waals surface area contributed by atoms with Gasteiger partial charge in [-0.2, -0.15) is 0 Å². The van der Waals surface area contributed by atoms with Crippen LogP contribution in [0.25, 0.3) is 11.0 Å². The first-order valence-corrected chi connectivity index (χ1v) is 11.0. The van der Waals surface area contributed by atoms with Crippen LogP contribution in [0.2, 0.25) is 0 Å². The summed E-state index contributed by atoms with van der Waals surface area (Å²) in [5.41, 5.74) is 6.68. The monoisotopic (exact) mass is 427 g/mol. The molecule has 5 heteroatoms. The number of aromatic nitrogens is 2. The minimum Gasteiger partial charge on any atom is -0.483 e. The second kappa shape index (κ2) is 9.69. The van der Waals surface area contributed by atoms with Crippen molar-refractivity contribution in [2.24, 2.45) is 0 Å². The first kappa shape index (κ1) is 21.6. The Kier molecular flexibility index (Phi) is 6.55. The van der Waals surface area contributed by atoms with E-state index >= 15 is 0 Å². The molecule has 32 heavy (non-hydrogen) atoms. The van der Waals surface area contributed by atoms with Crippen molar-refractivity contribution in [1.29, 1.82) is 0 Å². The van der Waals surface area contributed by atoms with E-state index in [2.05, 4.69) is 47.1 Å². The van der Waals surface area contributed by atoms with Crippen LogP contribution in [0.15, 0.2) is 66.7 Å². The molecule has 0 aliphatic rings. The van der Waals surface area contributed by atoms with Crippen LogP contribution < -0.4 is 10.1 Å². The van der Waals surface area contributed by atoms with Crippen molar-refractivity contribution >= 4 is 16.9 Å². The summed E-state index contributed by atoms with van der Waals surface area (Å²) in [6.07, 6.45) is 0.649. The number of hydrogen-bond donors (Lipinski definition) is 1. The summed E-state index contributed by atoms with van der Waals surface area (Å²) >= 11 is 0. The number of imidazole rings is 1. The standard InChI is InChI=1S/C27H29N3O2/c1-19-9-12-22(13-10-19)17-30-24-7-5-4-6-23(24)29-26(30)14-15-28-27(31)18-32-25-16-20(2)8-11-21(25)3/h4-13,16H,14-15,17-18H2,1-3H3,(H,28,31). The van der Waals surface area contributed by atoms with Crippen LogP contribution in [0, 0.1) is 20.8 Å². The molecule has 0 spiro atoms. The SMILES string of the molecule is Cc1ccc(Cn2c(CCNC(=O)COc3cc(C)ccc3C)nc3ccccc32)cc1. The van der Waals surface area contributed by atoms with Crippen molar-refractivity contribution in [3.8, 4) is 5.75 Å². The number of hydrogen-bond acceptors (Lipinski definition) is 3. The summed E-state index contributed by atoms with van der Waals surface area (Å²) in [6, 6.07) is 22.7. The van der Waals surface area contributed by atoms with Gasteiger partial charge in [0, 0.05) is 19.5 Å². The number of carbonyl (C=O) groups is 1. The molecule has 1 N–H and O–H groups in total. The largest absolute Gasteiger partial charge is 0.483 e. The van der Waals surface area contributed by atoms with Gasteiger partial charge >= 0.3 is 0 Å². The van der Waals surface area contributed by atoms with Gasteiger partial charge in [0.1, 0.15) is 11.6 Å². The van der Waals surface area contributed by atoms with Crippen LogP contribution in [0.1, 0.15) is 28.1 Å². The van der Waals surface area contributed by atoms with Crippen molar-refractivity contribution in [3.05, 3.63) is 94.8 Å². The molecule has 1 heterocycles. The normalized spacial score (nSPS) is 11.0. The highest BCUT2D eigenvalue weighted by Crippen LogP contribution is 2.20. The fraction of sp³-hybridized carbons (Fsp3) is 0.259. The third-order valence-electron chi connectivity index (χ3n) is 5.57. The van der Waals surface area contributed by atoms with Crippen LogP contribution >= 0.6 is 0 Å². The highest BCUT2D eigenvalue weighted by Gasteiger charge is 2.12. The topological polar surface area (TPSA) is 56.2 Å². The second-order valence-corrected chi connectivity index (χ2v) is 8.25. The highest BCUT2D eigenvalue weighted by atomic mass is 16.5. The van der Waals surface area contributed by atoms with Gasteiger partial charge in [0.2, 0.25) is 0 Å². The van der Waals surface area contributed by atoms with Crippen LogP contribution in [-0.2, 0) is 17.8 Å². The summed E-state index contributed by atoms with van der Waals surface area (Å²) in [5.74, 6) is 1.58. The number of nitrogens with one attached hydrogen (secondary N) is 1. The predicted octanol–water partition coefficient (Wildman–Crippen LogP) is 4.75. The van der Waals surface area contributed by atoms with Gasteiger partial charge in [-0.1, -0.05) is 54.1 Å². The minimum atomic E-state index is -0.132. The van der Waals surface area contributed by atoms with Crippen LogP contribution in [0.3, 0.4) is 0 Å². The average molecular weight is 428 g/mol. The third-order valence-corrected chi connectivity index (χ3v) is 5.57. The van der Waals surface area contributed by atoms with E-state index in [0.29, 0.717) is 13.0 Å². The molecule has 1 aromatic heterocycles. The number of aryl methyl sites for hydroxylation is 3. The smallest absolute Gasteiger partial charge is 0.257 e. The van der Waals surface area contributed by atoms with Gasteiger partial charge in [-0.15, -0.1) is 0 Å². The molecule has 5 nitrogen and oxygen atoms in total. The number of benzene rings is 3. The van der Waals surface area contributed by atoms with E-state index in [0.717, 1.165) is 40.3 Å². The Morgan fingerprint density at radius 3 is 2.53 bits per heavy atom. The molecule has 4 rings (SSSR count). The summed E-state index contributed by atoms with van der Waals surface area (Å²) in [6.45, 7) is 7.34. The lowest BCUT2D eigenvalue weighted by molar-refractivity contribution is -0.123. The number of rotatable bonds is 8. The van der Waals surface area contributed by atoms with Crippen molar-refractivity contribution in [3.63, 3.8) is 0 Å². The fourth-order valence-electron chi connectivity index (χ4n) is 3.74. The minimum absolute atomic E-state index is 0.00404. The van der Waals surface area contributed by atoms with Gasteiger partial charge in [-0.25, -0.2) is 4.98 Å². The summed E-state index contributed by atoms with van der Waals surface area (Å²) < 4.78 is 7.94. The van der Waals surface area contributed by atoms with E-state index in [4.69, 9.17) is 9.72 Å². The van der Waals surface area contributed by atoms with E-state index in [1.54, 1.807) is 0 Å². The Hall–Kier alpha value is -3.60. The third kappa shape index (κ3) is 5.17. The van der Waals surface area contributed by atoms with Crippen molar-refractivity contribution < 1.29 is 9.53 Å². The molecule has 0 aliphatic heterocycles. The molecule has 0 atom stereocenters. The Morgan fingerprint density at radius 1 is 0.969 bits per heavy atom. The molecule has 164 valence electrons. The molecular formula is C27H29N3O2. The van der Waals surface area contributed by atoms with E-state index in [1.807, 2.05) is 50.2 Å². The van der Waals surface area contributed by atoms with E-state index in [9.17, 15) is 4.79 Å². The fourth-order valence-corrected chi connectivity index (χ4v) is 3.74. The number of amides is 1. The first-order valence-electron chi connectivity index (χ1n) is 11.0. The van der Waals surface area contributed by atoms with Crippen LogP contribution in [0.4, 0.5) is 0 Å². The lowest BCUT2D eigenvalue weighted by Crippen LogP contribution is -2.31. The van der Waals surface area contributed by atoms with Crippen molar-refractivity contribution in [2.75, 3.05) is 13.2 Å². The molecule has 0 radical (unpaired) electrons. The van der Waals surface area contributed by atoms with Gasteiger partial charge in [0.25, 0.3) is 5.91 Å². The quantitative estimate of drug-likeness (QED) is 0.442. The highest BCUT2D eigenvalue weighted by molar-refractivity contribution is 5.78. The maximum atomic E-state index is 12.3. The molecule has 4 aromatic rings. The zero-order chi connectivity index (χ0) is 22.5. The van der Waals surface area contributed by atoms with Crippen molar-refractivity contribution in [1.82, 2.24) is 14.9 Å². The lowest BCUT2D eigenvalue weighted by Gasteiger charge is -2.12. The molecule has 0 bridgehead atoms. The molecule has 0 saturated carbocycles. The molecule has 3 aromatic carbocycles. The zero-order valence-corrected chi connectivity index (χ0v) is 18.9. The number of para-hydroxylation sites is 2. The predicted molar refractivity (Wildman–Crippen MR) is 128 cm³/mol. The molecule has 0 unspecified atom stereocenters. The molecule has 0 fully saturated rings. The first-order chi connectivity index (χ1) is 15.5. The number of fused-ring (bicyclic) bond motifs is 1. The van der Waals surface area contributed by atoms with Crippen molar-refractivity contribution in [2.45, 2.75) is 33.7 Å². The number of nitrogens with zero attached hydrogens (tertiary/aromatic N) is 2. The average Bonchev–Trinajstić information content (AvgIpc) is 3.13. The molecule has 0 aliphatic carbocycles. The van der Waals surface area contributed by atoms with Gasteiger partial charge in [0.05, 0.1) is 11.0 Å². The van der Waals surface area contributed by atoms with Gasteiger partial charge in [-0.3, -0.25) is 4.79 Å². The Balaban J connectivity index is 1.40. The Bertz CT molecular complexity index is 1230. The maximum absolute atomic E-state index is 12.3.